The SMILES string of the molecule is Cn1cnc(C(=O)Nc2ccc(Br)cc2)c1. The molecule has 0 saturated heterocycles. The molecule has 0 radical (unpaired) electrons. The summed E-state index contributed by atoms with van der Waals surface area (Å²) in [5.74, 6) is -0.206. The molecule has 0 aliphatic heterocycles. The van der Waals surface area contributed by atoms with Crippen LogP contribution in [-0.4, -0.2) is 15.5 Å². The first kappa shape index (κ1) is 10.9. The summed E-state index contributed by atoms with van der Waals surface area (Å²) in [4.78, 5) is 15.7. The van der Waals surface area contributed by atoms with Crippen LogP contribution >= 0.6 is 15.9 Å². The summed E-state index contributed by atoms with van der Waals surface area (Å²) < 4.78 is 2.71. The van der Waals surface area contributed by atoms with Crippen LogP contribution in [0.25, 0.3) is 0 Å². The summed E-state index contributed by atoms with van der Waals surface area (Å²) in [6.07, 6.45) is 3.27. The average molecular weight is 280 g/mol. The molecule has 0 aliphatic rings. The molecule has 1 heterocycles. The summed E-state index contributed by atoms with van der Waals surface area (Å²) >= 11 is 3.33. The van der Waals surface area contributed by atoms with Crippen LogP contribution in [0.5, 0.6) is 0 Å². The second-order valence-electron chi connectivity index (χ2n) is 3.39. The third-order valence-electron chi connectivity index (χ3n) is 2.04. The predicted molar refractivity (Wildman–Crippen MR) is 65.3 cm³/mol. The Morgan fingerprint density at radius 3 is 2.62 bits per heavy atom. The lowest BCUT2D eigenvalue weighted by molar-refractivity contribution is 0.102. The minimum atomic E-state index is -0.206. The summed E-state index contributed by atoms with van der Waals surface area (Å²) in [5, 5.41) is 2.76. The number of carbonyl (C=O) groups is 1. The first-order valence-electron chi connectivity index (χ1n) is 4.70. The van der Waals surface area contributed by atoms with Crippen molar-refractivity contribution in [2.24, 2.45) is 7.05 Å². The smallest absolute Gasteiger partial charge is 0.275 e. The maximum absolute atomic E-state index is 11.7. The Kier molecular flexibility index (Phi) is 3.05. The number of aromatic nitrogens is 2. The van der Waals surface area contributed by atoms with E-state index in [0.29, 0.717) is 5.69 Å². The number of nitrogens with one attached hydrogen (secondary N) is 1. The van der Waals surface area contributed by atoms with Gasteiger partial charge < -0.3 is 9.88 Å². The van der Waals surface area contributed by atoms with Crippen LogP contribution in [0.1, 0.15) is 10.5 Å². The Balaban J connectivity index is 2.10. The van der Waals surface area contributed by atoms with Crippen molar-refractivity contribution in [1.29, 1.82) is 0 Å². The first-order chi connectivity index (χ1) is 7.65. The van der Waals surface area contributed by atoms with Gasteiger partial charge in [-0.05, 0) is 24.3 Å². The Morgan fingerprint density at radius 2 is 2.06 bits per heavy atom. The van der Waals surface area contributed by atoms with Gasteiger partial charge in [-0.3, -0.25) is 4.79 Å². The molecule has 1 amide bonds. The molecule has 82 valence electrons. The largest absolute Gasteiger partial charge is 0.340 e. The van der Waals surface area contributed by atoms with Crippen LogP contribution in [-0.2, 0) is 7.05 Å². The molecule has 1 N–H and O–H groups in total. The molecule has 0 bridgehead atoms. The van der Waals surface area contributed by atoms with E-state index in [4.69, 9.17) is 0 Å². The number of nitrogens with zero attached hydrogens (tertiary/aromatic N) is 2. The highest BCUT2D eigenvalue weighted by Crippen LogP contribution is 2.14. The van der Waals surface area contributed by atoms with Crippen molar-refractivity contribution in [3.8, 4) is 0 Å². The molecular weight excluding hydrogens is 270 g/mol. The van der Waals surface area contributed by atoms with Crippen molar-refractivity contribution in [1.82, 2.24) is 9.55 Å². The van der Waals surface area contributed by atoms with Gasteiger partial charge >= 0.3 is 0 Å². The molecule has 2 rings (SSSR count). The number of imidazole rings is 1. The molecule has 1 aromatic carbocycles. The second kappa shape index (κ2) is 4.49. The van der Waals surface area contributed by atoms with E-state index in [-0.39, 0.29) is 5.91 Å². The molecule has 0 saturated carbocycles. The highest BCUT2D eigenvalue weighted by atomic mass is 79.9. The van der Waals surface area contributed by atoms with Crippen molar-refractivity contribution < 1.29 is 4.79 Å². The molecule has 2 aromatic rings. The summed E-state index contributed by atoms with van der Waals surface area (Å²) in [5.41, 5.74) is 1.16. The molecule has 4 nitrogen and oxygen atoms in total. The van der Waals surface area contributed by atoms with Gasteiger partial charge in [0.05, 0.1) is 6.33 Å². The third kappa shape index (κ3) is 2.49. The van der Waals surface area contributed by atoms with Gasteiger partial charge in [0.2, 0.25) is 0 Å². The molecule has 0 spiro atoms. The zero-order valence-corrected chi connectivity index (χ0v) is 10.2. The number of carbonyl (C=O) groups excluding carboxylic acids is 1. The number of rotatable bonds is 2. The Hall–Kier alpha value is -1.62. The van der Waals surface area contributed by atoms with Gasteiger partial charge in [-0.25, -0.2) is 4.98 Å². The fourth-order valence-corrected chi connectivity index (χ4v) is 1.52. The van der Waals surface area contributed by atoms with Gasteiger partial charge in [-0.2, -0.15) is 0 Å². The van der Waals surface area contributed by atoms with Gasteiger partial charge in [-0.1, -0.05) is 15.9 Å². The quantitative estimate of drug-likeness (QED) is 0.918. The molecule has 0 unspecified atom stereocenters. The van der Waals surface area contributed by atoms with Crippen LogP contribution in [0.3, 0.4) is 0 Å². The Bertz CT molecular complexity index is 504. The molecule has 1 aromatic heterocycles. The van der Waals surface area contributed by atoms with Crippen LogP contribution in [0.4, 0.5) is 5.69 Å². The maximum atomic E-state index is 11.7. The first-order valence-corrected chi connectivity index (χ1v) is 5.49. The van der Waals surface area contributed by atoms with Crippen LogP contribution in [0.2, 0.25) is 0 Å². The molecule has 16 heavy (non-hydrogen) atoms. The van der Waals surface area contributed by atoms with Crippen LogP contribution in [0.15, 0.2) is 41.3 Å². The minimum absolute atomic E-state index is 0.206. The highest BCUT2D eigenvalue weighted by Gasteiger charge is 2.08. The summed E-state index contributed by atoms with van der Waals surface area (Å²) in [6.45, 7) is 0. The van der Waals surface area contributed by atoms with Crippen LogP contribution in [0, 0.1) is 0 Å². The van der Waals surface area contributed by atoms with E-state index >= 15 is 0 Å². The van der Waals surface area contributed by atoms with Gasteiger partial charge in [0.25, 0.3) is 5.91 Å². The minimum Gasteiger partial charge on any atom is -0.340 e. The number of benzene rings is 1. The summed E-state index contributed by atoms with van der Waals surface area (Å²) in [6, 6.07) is 7.39. The number of amides is 1. The van der Waals surface area contributed by atoms with Crippen molar-refractivity contribution in [2.45, 2.75) is 0 Å². The lowest BCUT2D eigenvalue weighted by Gasteiger charge is -2.02. The molecular formula is C11H10BrN3O. The second-order valence-corrected chi connectivity index (χ2v) is 4.30. The van der Waals surface area contributed by atoms with Gasteiger partial charge in [0.15, 0.2) is 0 Å². The number of hydrogen-bond acceptors (Lipinski definition) is 2. The van der Waals surface area contributed by atoms with Crippen molar-refractivity contribution in [3.63, 3.8) is 0 Å². The van der Waals surface area contributed by atoms with E-state index in [1.807, 2.05) is 31.3 Å². The molecule has 5 heteroatoms. The van der Waals surface area contributed by atoms with Crippen molar-refractivity contribution >= 4 is 27.5 Å². The van der Waals surface area contributed by atoms with Gasteiger partial charge in [0.1, 0.15) is 5.69 Å². The highest BCUT2D eigenvalue weighted by molar-refractivity contribution is 9.10. The normalized spacial score (nSPS) is 10.1. The average Bonchev–Trinajstić information content (AvgIpc) is 2.68. The summed E-state index contributed by atoms with van der Waals surface area (Å²) in [7, 11) is 1.82. The molecule has 0 aliphatic carbocycles. The standard InChI is InChI=1S/C11H10BrN3O/c1-15-6-10(13-7-15)11(16)14-9-4-2-8(12)3-5-9/h2-7H,1H3,(H,14,16). The fourth-order valence-electron chi connectivity index (χ4n) is 1.26. The molecule has 0 atom stereocenters. The van der Waals surface area contributed by atoms with Gasteiger partial charge in [0, 0.05) is 23.4 Å². The maximum Gasteiger partial charge on any atom is 0.275 e. The topological polar surface area (TPSA) is 46.9 Å². The monoisotopic (exact) mass is 279 g/mol. The zero-order chi connectivity index (χ0) is 11.5. The number of hydrogen-bond donors (Lipinski definition) is 1. The van der Waals surface area contributed by atoms with E-state index in [2.05, 4.69) is 26.2 Å². The van der Waals surface area contributed by atoms with E-state index in [9.17, 15) is 4.79 Å². The number of aryl methyl sites for hydroxylation is 1. The Morgan fingerprint density at radius 1 is 1.38 bits per heavy atom. The number of halogens is 1. The number of anilines is 1. The zero-order valence-electron chi connectivity index (χ0n) is 8.64. The lowest BCUT2D eigenvalue weighted by Crippen LogP contribution is -2.12. The predicted octanol–water partition coefficient (Wildman–Crippen LogP) is 2.43. The van der Waals surface area contributed by atoms with Gasteiger partial charge in [-0.15, -0.1) is 0 Å². The van der Waals surface area contributed by atoms with Crippen molar-refractivity contribution in [3.05, 3.63) is 47.0 Å². The van der Waals surface area contributed by atoms with Crippen LogP contribution < -0.4 is 5.32 Å². The van der Waals surface area contributed by atoms with E-state index < -0.39 is 0 Å². The van der Waals surface area contributed by atoms with E-state index in [1.165, 1.54) is 0 Å². The van der Waals surface area contributed by atoms with E-state index in [1.54, 1.807) is 17.1 Å². The Labute approximate surface area is 101 Å². The molecule has 0 fully saturated rings. The van der Waals surface area contributed by atoms with E-state index in [0.717, 1.165) is 10.2 Å². The lowest BCUT2D eigenvalue weighted by atomic mass is 10.3. The fraction of sp³-hybridized carbons (Fsp3) is 0.0909. The third-order valence-corrected chi connectivity index (χ3v) is 2.57. The van der Waals surface area contributed by atoms with Crippen molar-refractivity contribution in [2.75, 3.05) is 5.32 Å².